The second-order valence-electron chi connectivity index (χ2n) is 9.67. The van der Waals surface area contributed by atoms with Crippen LogP contribution in [0.15, 0.2) is 54.6 Å². The summed E-state index contributed by atoms with van der Waals surface area (Å²) in [5.41, 5.74) is 3.71. The Morgan fingerprint density at radius 2 is 1.53 bits per heavy atom. The summed E-state index contributed by atoms with van der Waals surface area (Å²) >= 11 is 0. The van der Waals surface area contributed by atoms with E-state index in [1.165, 1.54) is 18.1 Å². The van der Waals surface area contributed by atoms with Crippen LogP contribution in [-0.2, 0) is 12.8 Å². The van der Waals surface area contributed by atoms with Crippen molar-refractivity contribution in [3.05, 3.63) is 71.3 Å². The summed E-state index contributed by atoms with van der Waals surface area (Å²) in [6.07, 6.45) is 0.223. The van der Waals surface area contributed by atoms with Crippen molar-refractivity contribution in [2.45, 2.75) is 90.4 Å². The maximum atomic E-state index is 13.0. The molecule has 5 heteroatoms. The number of alkyl halides is 3. The monoisotopic (exact) mass is 472 g/mol. The van der Waals surface area contributed by atoms with Gasteiger partial charge in [-0.3, -0.25) is 4.90 Å². The van der Waals surface area contributed by atoms with Gasteiger partial charge in [0.05, 0.1) is 12.0 Å². The highest BCUT2D eigenvalue weighted by molar-refractivity contribution is 5.26. The third-order valence-electron chi connectivity index (χ3n) is 6.93. The molecule has 0 bridgehead atoms. The van der Waals surface area contributed by atoms with Gasteiger partial charge < -0.3 is 0 Å². The summed E-state index contributed by atoms with van der Waals surface area (Å²) in [4.78, 5) is 2.57. The molecule has 0 N–H and O–H groups in total. The molecule has 3 atom stereocenters. The van der Waals surface area contributed by atoms with Gasteiger partial charge in [-0.05, 0) is 81.9 Å². The fourth-order valence-electron chi connectivity index (χ4n) is 4.97. The van der Waals surface area contributed by atoms with Gasteiger partial charge in [-0.15, -0.1) is 0 Å². The molecule has 0 radical (unpaired) electrons. The summed E-state index contributed by atoms with van der Waals surface area (Å²) in [5, 5.41) is 7.32. The average Bonchev–Trinajstić information content (AvgIpc) is 3.30. The number of hydrogen-bond acceptors (Lipinski definition) is 2. The predicted octanol–water partition coefficient (Wildman–Crippen LogP) is 7.94. The molecular weight excluding hydrogens is 433 g/mol. The molecule has 1 aliphatic carbocycles. The Hall–Kier alpha value is -2.32. The Bertz CT molecular complexity index is 869. The van der Waals surface area contributed by atoms with Crippen LogP contribution in [0.4, 0.5) is 13.2 Å². The summed E-state index contributed by atoms with van der Waals surface area (Å²) < 4.78 is 38.9. The van der Waals surface area contributed by atoms with Gasteiger partial charge in [-0.1, -0.05) is 54.6 Å². The van der Waals surface area contributed by atoms with Crippen LogP contribution in [0.2, 0.25) is 0 Å². The Balaban J connectivity index is 0.00000129. The second kappa shape index (κ2) is 13.5. The molecule has 0 heterocycles. The third kappa shape index (κ3) is 8.80. The fourth-order valence-corrected chi connectivity index (χ4v) is 4.97. The first-order valence-electron chi connectivity index (χ1n) is 12.4. The summed E-state index contributed by atoms with van der Waals surface area (Å²) in [7, 11) is 0. The first kappa shape index (κ1) is 27.9. The van der Waals surface area contributed by atoms with E-state index in [1.807, 2.05) is 0 Å². The van der Waals surface area contributed by atoms with Crippen molar-refractivity contribution in [2.75, 3.05) is 6.54 Å². The van der Waals surface area contributed by atoms with Gasteiger partial charge >= 0.3 is 6.18 Å². The summed E-state index contributed by atoms with van der Waals surface area (Å²) in [6.45, 7) is 9.29. The maximum absolute atomic E-state index is 13.0. The minimum absolute atomic E-state index is 0.0500. The van der Waals surface area contributed by atoms with E-state index in [0.717, 1.165) is 31.4 Å². The molecule has 3 rings (SSSR count). The fraction of sp³-hybridized carbons (Fsp3) is 0.552. The van der Waals surface area contributed by atoms with Crippen molar-refractivity contribution < 1.29 is 13.2 Å². The molecule has 2 aromatic rings. The molecule has 0 spiro atoms. The second-order valence-corrected chi connectivity index (χ2v) is 9.67. The SMILES string of the molecule is CC#N.CC(C)N(CCc1ccccc1)C(C)CCc1ccc(C2CCC(C(F)(F)F)C2)cc1. The lowest BCUT2D eigenvalue weighted by atomic mass is 9.94. The minimum atomic E-state index is -4.05. The third-order valence-corrected chi connectivity index (χ3v) is 6.93. The van der Waals surface area contributed by atoms with E-state index in [1.54, 1.807) is 6.07 Å². The number of hydrogen-bond donors (Lipinski definition) is 0. The Labute approximate surface area is 203 Å². The Morgan fingerprint density at radius 1 is 0.941 bits per heavy atom. The molecule has 1 fully saturated rings. The molecule has 0 saturated heterocycles. The number of aryl methyl sites for hydroxylation is 1. The molecule has 3 unspecified atom stereocenters. The first-order valence-corrected chi connectivity index (χ1v) is 12.4. The molecule has 2 aromatic carbocycles. The van der Waals surface area contributed by atoms with Crippen LogP contribution in [-0.4, -0.2) is 29.7 Å². The van der Waals surface area contributed by atoms with Crippen molar-refractivity contribution in [3.8, 4) is 6.07 Å². The predicted molar refractivity (Wildman–Crippen MR) is 134 cm³/mol. The number of rotatable bonds is 9. The Morgan fingerprint density at radius 3 is 2.06 bits per heavy atom. The topological polar surface area (TPSA) is 27.0 Å². The van der Waals surface area contributed by atoms with Gasteiger partial charge in [-0.2, -0.15) is 18.4 Å². The molecule has 186 valence electrons. The van der Waals surface area contributed by atoms with Crippen molar-refractivity contribution in [1.29, 1.82) is 5.26 Å². The van der Waals surface area contributed by atoms with E-state index < -0.39 is 12.1 Å². The Kier molecular flexibility index (Phi) is 11.1. The van der Waals surface area contributed by atoms with Crippen LogP contribution >= 0.6 is 0 Å². The smallest absolute Gasteiger partial charge is 0.298 e. The normalized spacial score (nSPS) is 18.9. The minimum Gasteiger partial charge on any atom is -0.298 e. The van der Waals surface area contributed by atoms with Crippen LogP contribution in [0.25, 0.3) is 0 Å². The number of halogens is 3. The standard InChI is InChI=1S/C27H36F3N.C2H3N/c1-20(2)31(18-17-22-7-5-4-6-8-22)21(3)9-10-23-11-13-24(14-12-23)25-15-16-26(19-25)27(28,29)30;1-2-3/h4-8,11-14,20-21,25-26H,9-10,15-19H2,1-3H3;1H3. The van der Waals surface area contributed by atoms with E-state index in [0.29, 0.717) is 18.5 Å². The summed E-state index contributed by atoms with van der Waals surface area (Å²) in [5.74, 6) is -1.08. The van der Waals surface area contributed by atoms with Crippen molar-refractivity contribution in [3.63, 3.8) is 0 Å². The number of nitrogens with zero attached hydrogens (tertiary/aromatic N) is 2. The lowest BCUT2D eigenvalue weighted by Gasteiger charge is -2.33. The molecule has 0 amide bonds. The molecule has 0 aliphatic heterocycles. The van der Waals surface area contributed by atoms with Gasteiger partial charge in [0.15, 0.2) is 0 Å². The largest absolute Gasteiger partial charge is 0.391 e. The van der Waals surface area contributed by atoms with Crippen molar-refractivity contribution in [1.82, 2.24) is 4.90 Å². The maximum Gasteiger partial charge on any atom is 0.391 e. The van der Waals surface area contributed by atoms with Gasteiger partial charge in [0.1, 0.15) is 0 Å². The van der Waals surface area contributed by atoms with Gasteiger partial charge in [-0.25, -0.2) is 0 Å². The molecule has 2 nitrogen and oxygen atoms in total. The molecule has 0 aromatic heterocycles. The molecule has 1 saturated carbocycles. The van der Waals surface area contributed by atoms with Crippen LogP contribution in [0.5, 0.6) is 0 Å². The van der Waals surface area contributed by atoms with Crippen LogP contribution in [0, 0.1) is 17.2 Å². The quantitative estimate of drug-likeness (QED) is 0.370. The molecular formula is C29H39F3N2. The zero-order chi connectivity index (χ0) is 25.1. The van der Waals surface area contributed by atoms with E-state index in [2.05, 4.69) is 80.3 Å². The molecule has 1 aliphatic rings. The lowest BCUT2D eigenvalue weighted by molar-refractivity contribution is -0.172. The van der Waals surface area contributed by atoms with Crippen LogP contribution < -0.4 is 0 Å². The number of nitriles is 1. The van der Waals surface area contributed by atoms with Crippen LogP contribution in [0.3, 0.4) is 0 Å². The highest BCUT2D eigenvalue weighted by Crippen LogP contribution is 2.45. The molecule has 34 heavy (non-hydrogen) atoms. The van der Waals surface area contributed by atoms with E-state index in [4.69, 9.17) is 5.26 Å². The van der Waals surface area contributed by atoms with Gasteiger partial charge in [0, 0.05) is 25.6 Å². The van der Waals surface area contributed by atoms with Crippen molar-refractivity contribution >= 4 is 0 Å². The van der Waals surface area contributed by atoms with E-state index >= 15 is 0 Å². The van der Waals surface area contributed by atoms with Gasteiger partial charge in [0.2, 0.25) is 0 Å². The number of benzene rings is 2. The van der Waals surface area contributed by atoms with Crippen molar-refractivity contribution in [2.24, 2.45) is 5.92 Å². The zero-order valence-corrected chi connectivity index (χ0v) is 21.0. The first-order chi connectivity index (χ1) is 16.2. The van der Waals surface area contributed by atoms with E-state index in [-0.39, 0.29) is 18.8 Å². The highest BCUT2D eigenvalue weighted by atomic mass is 19.4. The zero-order valence-electron chi connectivity index (χ0n) is 21.0. The van der Waals surface area contributed by atoms with Crippen LogP contribution in [0.1, 0.15) is 76.0 Å². The lowest BCUT2D eigenvalue weighted by Crippen LogP contribution is -2.40. The van der Waals surface area contributed by atoms with E-state index in [9.17, 15) is 13.2 Å². The average molecular weight is 473 g/mol. The highest BCUT2D eigenvalue weighted by Gasteiger charge is 2.44. The summed E-state index contributed by atoms with van der Waals surface area (Å²) in [6, 6.07) is 21.7. The van der Waals surface area contributed by atoms with Gasteiger partial charge in [0.25, 0.3) is 0 Å².